The van der Waals surface area contributed by atoms with Crippen LogP contribution in [0.1, 0.15) is 23.6 Å². The summed E-state index contributed by atoms with van der Waals surface area (Å²) in [5.41, 5.74) is 1.11. The van der Waals surface area contributed by atoms with Gasteiger partial charge in [0.25, 0.3) is 0 Å². The second-order valence-corrected chi connectivity index (χ2v) is 7.98. The lowest BCUT2D eigenvalue weighted by Gasteiger charge is -2.19. The average Bonchev–Trinajstić information content (AvgIpc) is 3.35. The Balaban J connectivity index is 1.32. The number of carbonyl (C=O) groups is 1. The maximum absolute atomic E-state index is 12.2. The number of amides is 1. The fourth-order valence-electron chi connectivity index (χ4n) is 3.76. The van der Waals surface area contributed by atoms with Crippen molar-refractivity contribution in [2.45, 2.75) is 25.9 Å². The Labute approximate surface area is 175 Å². The molecule has 1 aromatic heterocycles. The van der Waals surface area contributed by atoms with E-state index in [1.807, 2.05) is 36.4 Å². The molecular formula is C21H26ClN5O2. The van der Waals surface area contributed by atoms with Gasteiger partial charge in [0.05, 0.1) is 19.1 Å². The highest BCUT2D eigenvalue weighted by molar-refractivity contribution is 6.31. The number of hydrogen-bond acceptors (Lipinski definition) is 5. The third-order valence-electron chi connectivity index (χ3n) is 5.41. The van der Waals surface area contributed by atoms with E-state index in [1.54, 1.807) is 0 Å². The summed E-state index contributed by atoms with van der Waals surface area (Å²) in [6, 6.07) is 10.1. The molecule has 1 saturated heterocycles. The molecule has 0 saturated carbocycles. The number of carbonyl (C=O) groups excluding carboxylic acids is 1. The van der Waals surface area contributed by atoms with Crippen LogP contribution in [-0.4, -0.2) is 58.4 Å². The van der Waals surface area contributed by atoms with E-state index in [-0.39, 0.29) is 11.8 Å². The Morgan fingerprint density at radius 2 is 2.10 bits per heavy atom. The Bertz CT molecular complexity index is 861. The van der Waals surface area contributed by atoms with Crippen molar-refractivity contribution in [3.05, 3.63) is 52.6 Å². The number of benzene rings is 1. The molecule has 8 heteroatoms. The molecule has 154 valence electrons. The number of halogens is 1. The summed E-state index contributed by atoms with van der Waals surface area (Å²) in [5.74, 6) is 1.76. The summed E-state index contributed by atoms with van der Waals surface area (Å²) < 4.78 is 7.41. The van der Waals surface area contributed by atoms with E-state index >= 15 is 0 Å². The average molecular weight is 416 g/mol. The SMILES string of the molecule is O=C(NCc1nnc2n1CCN(C/C(Cl)=C/c1ccccc1)CC2)C1CCOC1. The minimum absolute atomic E-state index is 0.0351. The first-order valence-electron chi connectivity index (χ1n) is 10.1. The topological polar surface area (TPSA) is 72.3 Å². The van der Waals surface area contributed by atoms with Gasteiger partial charge >= 0.3 is 0 Å². The molecular weight excluding hydrogens is 390 g/mol. The van der Waals surface area contributed by atoms with Crippen LogP contribution in [0.15, 0.2) is 35.4 Å². The molecule has 0 spiro atoms. The number of ether oxygens (including phenoxy) is 1. The number of fused-ring (bicyclic) bond motifs is 1. The molecule has 1 atom stereocenters. The summed E-state index contributed by atoms with van der Waals surface area (Å²) in [4.78, 5) is 14.6. The molecule has 0 radical (unpaired) electrons. The fourth-order valence-corrected chi connectivity index (χ4v) is 4.05. The Morgan fingerprint density at radius 1 is 1.24 bits per heavy atom. The van der Waals surface area contributed by atoms with E-state index < -0.39 is 0 Å². The number of aromatic nitrogens is 3. The normalized spacial score (nSPS) is 20.3. The minimum atomic E-state index is -0.0458. The van der Waals surface area contributed by atoms with Crippen LogP contribution >= 0.6 is 11.6 Å². The monoisotopic (exact) mass is 415 g/mol. The second-order valence-electron chi connectivity index (χ2n) is 7.49. The van der Waals surface area contributed by atoms with Crippen LogP contribution in [0.5, 0.6) is 0 Å². The number of nitrogens with one attached hydrogen (secondary N) is 1. The molecule has 1 unspecified atom stereocenters. The van der Waals surface area contributed by atoms with Gasteiger partial charge in [0.2, 0.25) is 5.91 Å². The van der Waals surface area contributed by atoms with E-state index in [9.17, 15) is 4.79 Å². The smallest absolute Gasteiger partial charge is 0.225 e. The zero-order chi connectivity index (χ0) is 20.1. The summed E-state index contributed by atoms with van der Waals surface area (Å²) >= 11 is 6.49. The predicted octanol–water partition coefficient (Wildman–Crippen LogP) is 2.07. The van der Waals surface area contributed by atoms with Gasteiger partial charge in [-0.2, -0.15) is 0 Å². The first-order valence-corrected chi connectivity index (χ1v) is 10.5. The van der Waals surface area contributed by atoms with Crippen molar-refractivity contribution in [1.29, 1.82) is 0 Å². The Morgan fingerprint density at radius 3 is 2.90 bits per heavy atom. The first kappa shape index (κ1) is 20.1. The standard InChI is InChI=1S/C21H26ClN5O2/c22-18(12-16-4-2-1-3-5-16)14-26-8-6-19-24-25-20(27(19)10-9-26)13-23-21(28)17-7-11-29-15-17/h1-5,12,17H,6-11,13-15H2,(H,23,28)/b18-12-. The summed E-state index contributed by atoms with van der Waals surface area (Å²) in [7, 11) is 0. The van der Waals surface area contributed by atoms with Gasteiger partial charge in [-0.25, -0.2) is 0 Å². The lowest BCUT2D eigenvalue weighted by Crippen LogP contribution is -2.32. The molecule has 2 aromatic rings. The number of hydrogen-bond donors (Lipinski definition) is 1. The summed E-state index contributed by atoms with van der Waals surface area (Å²) in [5, 5.41) is 12.4. The van der Waals surface area contributed by atoms with Crippen molar-refractivity contribution in [3.63, 3.8) is 0 Å². The Kier molecular flexibility index (Phi) is 6.59. The first-order chi connectivity index (χ1) is 14.2. The van der Waals surface area contributed by atoms with Crippen molar-refractivity contribution in [2.75, 3.05) is 32.8 Å². The van der Waals surface area contributed by atoms with E-state index in [0.717, 1.165) is 54.7 Å². The molecule has 4 rings (SSSR count). The van der Waals surface area contributed by atoms with Crippen molar-refractivity contribution >= 4 is 23.6 Å². The van der Waals surface area contributed by atoms with E-state index in [4.69, 9.17) is 16.3 Å². The molecule has 2 aliphatic rings. The number of nitrogens with zero attached hydrogens (tertiary/aromatic N) is 4. The molecule has 1 fully saturated rings. The van der Waals surface area contributed by atoms with Gasteiger partial charge in [0, 0.05) is 44.2 Å². The van der Waals surface area contributed by atoms with Gasteiger partial charge in [-0.1, -0.05) is 41.9 Å². The van der Waals surface area contributed by atoms with Crippen LogP contribution in [-0.2, 0) is 29.0 Å². The van der Waals surface area contributed by atoms with Crippen molar-refractivity contribution < 1.29 is 9.53 Å². The predicted molar refractivity (Wildman–Crippen MR) is 111 cm³/mol. The highest BCUT2D eigenvalue weighted by atomic mass is 35.5. The van der Waals surface area contributed by atoms with Crippen LogP contribution in [0.25, 0.3) is 6.08 Å². The maximum atomic E-state index is 12.2. The van der Waals surface area contributed by atoms with Gasteiger partial charge in [-0.15, -0.1) is 10.2 Å². The highest BCUT2D eigenvalue weighted by Crippen LogP contribution is 2.16. The molecule has 1 aromatic carbocycles. The van der Waals surface area contributed by atoms with Gasteiger partial charge in [-0.05, 0) is 18.1 Å². The van der Waals surface area contributed by atoms with Crippen molar-refractivity contribution in [3.8, 4) is 0 Å². The Hall–Kier alpha value is -2.22. The largest absolute Gasteiger partial charge is 0.381 e. The molecule has 1 N–H and O–H groups in total. The zero-order valence-electron chi connectivity index (χ0n) is 16.4. The minimum Gasteiger partial charge on any atom is -0.381 e. The summed E-state index contributed by atoms with van der Waals surface area (Å²) in [6.45, 7) is 4.81. The van der Waals surface area contributed by atoms with Crippen molar-refractivity contribution in [1.82, 2.24) is 25.0 Å². The van der Waals surface area contributed by atoms with Gasteiger partial charge in [-0.3, -0.25) is 9.69 Å². The summed E-state index contributed by atoms with van der Waals surface area (Å²) in [6.07, 6.45) is 3.61. The fraction of sp³-hybridized carbons (Fsp3) is 0.476. The van der Waals surface area contributed by atoms with Gasteiger partial charge < -0.3 is 14.6 Å². The van der Waals surface area contributed by atoms with E-state index in [0.29, 0.717) is 26.3 Å². The molecule has 0 bridgehead atoms. The van der Waals surface area contributed by atoms with Crippen LogP contribution in [0, 0.1) is 5.92 Å². The maximum Gasteiger partial charge on any atom is 0.225 e. The lowest BCUT2D eigenvalue weighted by molar-refractivity contribution is -0.125. The lowest BCUT2D eigenvalue weighted by atomic mass is 10.1. The van der Waals surface area contributed by atoms with Crippen molar-refractivity contribution in [2.24, 2.45) is 5.92 Å². The third kappa shape index (κ3) is 5.23. The second kappa shape index (κ2) is 9.52. The van der Waals surface area contributed by atoms with Gasteiger partial charge in [0.1, 0.15) is 5.82 Å². The molecule has 29 heavy (non-hydrogen) atoms. The third-order valence-corrected chi connectivity index (χ3v) is 5.64. The van der Waals surface area contributed by atoms with E-state index in [2.05, 4.69) is 25.0 Å². The zero-order valence-corrected chi connectivity index (χ0v) is 17.1. The van der Waals surface area contributed by atoms with Gasteiger partial charge in [0.15, 0.2) is 5.82 Å². The van der Waals surface area contributed by atoms with Crippen LogP contribution in [0.4, 0.5) is 0 Å². The highest BCUT2D eigenvalue weighted by Gasteiger charge is 2.24. The van der Waals surface area contributed by atoms with Crippen LogP contribution < -0.4 is 5.32 Å². The molecule has 0 aliphatic carbocycles. The number of rotatable bonds is 6. The molecule has 2 aliphatic heterocycles. The van der Waals surface area contributed by atoms with Crippen LogP contribution in [0.2, 0.25) is 0 Å². The molecule has 3 heterocycles. The quantitative estimate of drug-likeness (QED) is 0.782. The van der Waals surface area contributed by atoms with Crippen LogP contribution in [0.3, 0.4) is 0 Å². The van der Waals surface area contributed by atoms with E-state index in [1.165, 1.54) is 0 Å². The molecule has 7 nitrogen and oxygen atoms in total. The molecule has 1 amide bonds.